The molecule has 0 saturated carbocycles. The lowest BCUT2D eigenvalue weighted by Crippen LogP contribution is -2.21. The van der Waals surface area contributed by atoms with Crippen LogP contribution in [-0.4, -0.2) is 54.0 Å². The van der Waals surface area contributed by atoms with Gasteiger partial charge in [-0.3, -0.25) is 9.52 Å². The highest BCUT2D eigenvalue weighted by molar-refractivity contribution is 7.92. The normalized spacial score (nSPS) is 12.0. The third kappa shape index (κ3) is 4.09. The maximum atomic E-state index is 12.6. The minimum atomic E-state index is -3.62. The summed E-state index contributed by atoms with van der Waals surface area (Å²) < 4.78 is 30.4. The quantitative estimate of drug-likeness (QED) is 0.422. The number of carbonyl (C=O) groups is 1. The summed E-state index contributed by atoms with van der Waals surface area (Å²) in [4.78, 5) is 18.1. The van der Waals surface area contributed by atoms with E-state index in [0.717, 1.165) is 17.8 Å². The molecule has 0 bridgehead atoms. The molecule has 4 rings (SSSR count). The predicted octanol–water partition coefficient (Wildman–Crippen LogP) is 4.04. The van der Waals surface area contributed by atoms with E-state index in [9.17, 15) is 18.3 Å². The number of hydrogen-bond acceptors (Lipinski definition) is 9. The second-order valence-corrected chi connectivity index (χ2v) is 9.66. The Balaban J connectivity index is 1.97. The third-order valence-corrected chi connectivity index (χ3v) is 5.86. The Morgan fingerprint density at radius 1 is 1.16 bits per heavy atom. The molecule has 2 N–H and O–H groups in total. The maximum absolute atomic E-state index is 12.6. The van der Waals surface area contributed by atoms with Crippen LogP contribution >= 0.6 is 11.5 Å². The fraction of sp³-hybridized carbons (Fsp3) is 0.150. The molecule has 0 radical (unpaired) electrons. The Morgan fingerprint density at radius 3 is 2.62 bits per heavy atom. The van der Waals surface area contributed by atoms with E-state index in [0.29, 0.717) is 21.4 Å². The first kappa shape index (κ1) is 21.6. The summed E-state index contributed by atoms with van der Waals surface area (Å²) in [5.41, 5.74) is 0.961. The molecule has 0 aliphatic rings. The number of rotatable bonds is 5. The molecule has 2 heterocycles. The number of hydrogen-bond donors (Lipinski definition) is 2. The van der Waals surface area contributed by atoms with Crippen LogP contribution in [0.4, 0.5) is 16.4 Å². The van der Waals surface area contributed by atoms with E-state index in [1.165, 1.54) is 11.0 Å². The number of amides is 1. The second kappa shape index (κ2) is 8.13. The van der Waals surface area contributed by atoms with Gasteiger partial charge < -0.3 is 10.0 Å². The number of aromatic hydroxyl groups is 1. The van der Waals surface area contributed by atoms with Crippen molar-refractivity contribution in [3.63, 3.8) is 0 Å². The van der Waals surface area contributed by atoms with Crippen LogP contribution < -0.4 is 4.72 Å². The number of nitrogens with zero attached hydrogens (tertiary/aromatic N) is 5. The van der Waals surface area contributed by atoms with Crippen molar-refractivity contribution in [2.45, 2.75) is 0 Å². The van der Waals surface area contributed by atoms with E-state index in [-0.39, 0.29) is 28.1 Å². The lowest BCUT2D eigenvalue weighted by atomic mass is 10.0. The third-order valence-electron chi connectivity index (χ3n) is 4.53. The van der Waals surface area contributed by atoms with E-state index in [1.807, 2.05) is 6.07 Å². The van der Waals surface area contributed by atoms with Crippen LogP contribution in [0.2, 0.25) is 0 Å². The summed E-state index contributed by atoms with van der Waals surface area (Å²) in [7, 11) is -0.499. The van der Waals surface area contributed by atoms with Crippen LogP contribution in [0, 0.1) is 0 Å². The fourth-order valence-electron chi connectivity index (χ4n) is 3.16. The number of nitrogens with one attached hydrogen (secondary N) is 1. The molecule has 0 saturated heterocycles. The van der Waals surface area contributed by atoms with Crippen molar-refractivity contribution in [2.75, 3.05) is 25.1 Å². The number of phenolic OH excluding ortho intramolecular Hbond substituents is 1. The largest absolute Gasteiger partial charge is 0.506 e. The average molecular weight is 471 g/mol. The molecular weight excluding hydrogens is 452 g/mol. The van der Waals surface area contributed by atoms with Crippen LogP contribution in [0.3, 0.4) is 0 Å². The van der Waals surface area contributed by atoms with Crippen LogP contribution in [0.5, 0.6) is 5.75 Å². The number of pyridine rings is 1. The summed E-state index contributed by atoms with van der Waals surface area (Å²) >= 11 is 1.11. The molecule has 0 fully saturated rings. The Hall–Kier alpha value is -3.64. The number of carbonyl (C=O) groups excluding carboxylic acids is 1. The molecule has 1 amide bonds. The lowest BCUT2D eigenvalue weighted by Gasteiger charge is -2.16. The van der Waals surface area contributed by atoms with E-state index in [4.69, 9.17) is 0 Å². The molecule has 10 nitrogen and oxygen atoms in total. The number of aromatic nitrogens is 2. The SMILES string of the molecule is CN(C)C(=O)c1cc(/N=N/c2snc3ncccc23)c2c(NS(C)(=O)=O)cccc2c1O. The zero-order valence-electron chi connectivity index (χ0n) is 17.3. The second-order valence-electron chi connectivity index (χ2n) is 7.16. The van der Waals surface area contributed by atoms with Gasteiger partial charge in [0.1, 0.15) is 5.75 Å². The first-order chi connectivity index (χ1) is 15.2. The number of fused-ring (bicyclic) bond motifs is 2. The van der Waals surface area contributed by atoms with E-state index in [2.05, 4.69) is 24.3 Å². The first-order valence-electron chi connectivity index (χ1n) is 9.26. The molecule has 0 spiro atoms. The van der Waals surface area contributed by atoms with E-state index < -0.39 is 15.9 Å². The zero-order chi connectivity index (χ0) is 23.0. The van der Waals surface area contributed by atoms with Crippen molar-refractivity contribution < 1.29 is 18.3 Å². The van der Waals surface area contributed by atoms with Gasteiger partial charge in [-0.15, -0.1) is 10.2 Å². The molecule has 0 unspecified atom stereocenters. The molecule has 12 heteroatoms. The Labute approximate surface area is 187 Å². The number of azo groups is 1. The lowest BCUT2D eigenvalue weighted by molar-refractivity contribution is 0.0825. The van der Waals surface area contributed by atoms with E-state index >= 15 is 0 Å². The molecule has 164 valence electrons. The Kier molecular flexibility index (Phi) is 5.48. The van der Waals surface area contributed by atoms with Crippen molar-refractivity contribution in [3.8, 4) is 5.75 Å². The van der Waals surface area contributed by atoms with Gasteiger partial charge in [0.05, 0.1) is 28.6 Å². The fourth-order valence-corrected chi connectivity index (χ4v) is 4.38. The monoisotopic (exact) mass is 470 g/mol. The summed E-state index contributed by atoms with van der Waals surface area (Å²) in [6, 6.07) is 9.65. The highest BCUT2D eigenvalue weighted by atomic mass is 32.2. The van der Waals surface area contributed by atoms with Gasteiger partial charge in [-0.2, -0.15) is 4.37 Å². The van der Waals surface area contributed by atoms with Crippen molar-refractivity contribution >= 4 is 65.6 Å². The van der Waals surface area contributed by atoms with Crippen molar-refractivity contribution in [1.29, 1.82) is 0 Å². The average Bonchev–Trinajstić information content (AvgIpc) is 3.15. The van der Waals surface area contributed by atoms with Crippen LogP contribution in [-0.2, 0) is 10.0 Å². The smallest absolute Gasteiger partial charge is 0.257 e. The standard InChI is InChI=1S/C20H18N6O4S2/c1-26(2)20(28)13-10-15(22-23-19-12-7-5-9-21-18(12)24-31-19)16-11(17(13)27)6-4-8-14(16)25-32(3,29)30/h4-10,25,27H,1-3H3/b23-22+. The minimum absolute atomic E-state index is 0.0174. The molecule has 2 aromatic carbocycles. The Bertz CT molecular complexity index is 1500. The molecule has 0 aliphatic heterocycles. The maximum Gasteiger partial charge on any atom is 0.257 e. The van der Waals surface area contributed by atoms with Crippen molar-refractivity contribution in [3.05, 3.63) is 48.2 Å². The van der Waals surface area contributed by atoms with Gasteiger partial charge in [0, 0.05) is 31.1 Å². The number of sulfonamides is 1. The van der Waals surface area contributed by atoms with Gasteiger partial charge in [0.15, 0.2) is 10.6 Å². The van der Waals surface area contributed by atoms with Crippen LogP contribution in [0.1, 0.15) is 10.4 Å². The van der Waals surface area contributed by atoms with Crippen molar-refractivity contribution in [1.82, 2.24) is 14.3 Å². The summed E-state index contributed by atoms with van der Waals surface area (Å²) in [6.45, 7) is 0. The van der Waals surface area contributed by atoms with Gasteiger partial charge in [-0.1, -0.05) is 12.1 Å². The Morgan fingerprint density at radius 2 is 1.91 bits per heavy atom. The van der Waals surface area contributed by atoms with E-state index in [1.54, 1.807) is 44.6 Å². The van der Waals surface area contributed by atoms with Gasteiger partial charge in [-0.05, 0) is 35.8 Å². The van der Waals surface area contributed by atoms with Gasteiger partial charge >= 0.3 is 0 Å². The zero-order valence-corrected chi connectivity index (χ0v) is 18.9. The summed E-state index contributed by atoms with van der Waals surface area (Å²) in [5, 5.41) is 21.2. The van der Waals surface area contributed by atoms with Gasteiger partial charge in [0.25, 0.3) is 5.91 Å². The molecule has 4 aromatic rings. The highest BCUT2D eigenvalue weighted by Gasteiger charge is 2.21. The molecule has 32 heavy (non-hydrogen) atoms. The summed E-state index contributed by atoms with van der Waals surface area (Å²) in [5.74, 6) is -0.711. The number of benzene rings is 2. The molecular formula is C20H18N6O4S2. The van der Waals surface area contributed by atoms with Gasteiger partial charge in [0.2, 0.25) is 10.0 Å². The first-order valence-corrected chi connectivity index (χ1v) is 11.9. The van der Waals surface area contributed by atoms with Crippen LogP contribution in [0.15, 0.2) is 52.8 Å². The van der Waals surface area contributed by atoms with Crippen molar-refractivity contribution in [2.24, 2.45) is 10.2 Å². The molecule has 0 atom stereocenters. The van der Waals surface area contributed by atoms with Gasteiger partial charge in [-0.25, -0.2) is 13.4 Å². The minimum Gasteiger partial charge on any atom is -0.506 e. The highest BCUT2D eigenvalue weighted by Crippen LogP contribution is 2.42. The topological polar surface area (TPSA) is 137 Å². The summed E-state index contributed by atoms with van der Waals surface area (Å²) in [6.07, 6.45) is 2.64. The number of anilines is 1. The number of phenols is 1. The molecule has 0 aliphatic carbocycles. The predicted molar refractivity (Wildman–Crippen MR) is 124 cm³/mol. The molecule has 2 aromatic heterocycles. The van der Waals surface area contributed by atoms with Crippen LogP contribution in [0.25, 0.3) is 21.8 Å².